The van der Waals surface area contributed by atoms with Crippen molar-refractivity contribution in [1.82, 2.24) is 15.5 Å². The van der Waals surface area contributed by atoms with Crippen LogP contribution in [0.2, 0.25) is 0 Å². The van der Waals surface area contributed by atoms with E-state index >= 15 is 0 Å². The van der Waals surface area contributed by atoms with E-state index in [-0.39, 0.29) is 23.6 Å². The lowest BCUT2D eigenvalue weighted by Crippen LogP contribution is -2.49. The number of nitrogens with zero attached hydrogens (tertiary/aromatic N) is 2. The van der Waals surface area contributed by atoms with Crippen molar-refractivity contribution in [2.24, 2.45) is 4.99 Å². The summed E-state index contributed by atoms with van der Waals surface area (Å²) < 4.78 is 33.5. The van der Waals surface area contributed by atoms with Crippen molar-refractivity contribution < 1.29 is 13.5 Å². The van der Waals surface area contributed by atoms with Crippen LogP contribution in [0.25, 0.3) is 0 Å². The lowest BCUT2D eigenvalue weighted by molar-refractivity contribution is 0.0532. The van der Waals surface area contributed by atoms with E-state index in [4.69, 9.17) is 4.74 Å². The van der Waals surface area contributed by atoms with Crippen molar-refractivity contribution in [3.8, 4) is 0 Å². The zero-order valence-corrected chi connectivity index (χ0v) is 17.0. The molecule has 0 radical (unpaired) electrons. The van der Waals surface area contributed by atoms with Gasteiger partial charge in [-0.15, -0.1) is 0 Å². The van der Waals surface area contributed by atoms with Crippen LogP contribution in [0.15, 0.2) is 23.2 Å². The van der Waals surface area contributed by atoms with E-state index in [9.17, 15) is 8.78 Å². The average Bonchev–Trinajstić information content (AvgIpc) is 3.40. The molecule has 0 aromatic heterocycles. The van der Waals surface area contributed by atoms with Crippen LogP contribution in [0, 0.1) is 11.6 Å². The van der Waals surface area contributed by atoms with Crippen LogP contribution in [0.5, 0.6) is 0 Å². The molecule has 7 heteroatoms. The molecule has 1 saturated carbocycles. The van der Waals surface area contributed by atoms with Gasteiger partial charge in [0, 0.05) is 50.2 Å². The summed E-state index contributed by atoms with van der Waals surface area (Å²) in [6.07, 6.45) is 3.07. The van der Waals surface area contributed by atoms with Gasteiger partial charge >= 0.3 is 0 Å². The van der Waals surface area contributed by atoms with E-state index in [0.29, 0.717) is 18.4 Å². The van der Waals surface area contributed by atoms with E-state index < -0.39 is 11.6 Å². The Morgan fingerprint density at radius 3 is 2.50 bits per heavy atom. The number of nitrogens with one attached hydrogen (secondary N) is 2. The predicted octanol–water partition coefficient (Wildman–Crippen LogP) is 2.88. The Bertz CT molecular complexity index is 654. The maximum absolute atomic E-state index is 13.9. The van der Waals surface area contributed by atoms with E-state index in [2.05, 4.69) is 34.4 Å². The molecule has 0 spiro atoms. The Morgan fingerprint density at radius 2 is 1.89 bits per heavy atom. The van der Waals surface area contributed by atoms with E-state index in [1.165, 1.54) is 18.2 Å². The number of halogens is 2. The lowest BCUT2D eigenvalue weighted by atomic mass is 10.1. The van der Waals surface area contributed by atoms with E-state index in [1.54, 1.807) is 7.05 Å². The van der Waals surface area contributed by atoms with Crippen LogP contribution < -0.4 is 10.6 Å². The zero-order valence-electron chi connectivity index (χ0n) is 17.0. The first-order valence-corrected chi connectivity index (χ1v) is 10.3. The summed E-state index contributed by atoms with van der Waals surface area (Å²) in [6.45, 7) is 7.91. The predicted molar refractivity (Wildman–Crippen MR) is 108 cm³/mol. The molecule has 1 aromatic carbocycles. The fourth-order valence-corrected chi connectivity index (χ4v) is 3.80. The minimum atomic E-state index is -0.467. The molecule has 156 valence electrons. The largest absolute Gasteiger partial charge is 0.377 e. The lowest BCUT2D eigenvalue weighted by Gasteiger charge is -2.33. The standard InChI is InChI=1S/C21H32F2N4O/c1-14(2)28-12-11-27-9-7-15(8-10-27)25-21(24-3)26-19-13-16(19)20-17(22)5-4-6-18(20)23/h4-6,14-16,19H,7-13H2,1-3H3,(H2,24,25,26). The van der Waals surface area contributed by atoms with Gasteiger partial charge in [-0.05, 0) is 45.2 Å². The molecule has 1 aliphatic carbocycles. The van der Waals surface area contributed by atoms with Gasteiger partial charge in [-0.25, -0.2) is 8.78 Å². The number of rotatable bonds is 7. The summed E-state index contributed by atoms with van der Waals surface area (Å²) in [5.74, 6) is -0.356. The van der Waals surface area contributed by atoms with Gasteiger partial charge < -0.3 is 20.3 Å². The highest BCUT2D eigenvalue weighted by atomic mass is 19.1. The fraction of sp³-hybridized carbons (Fsp3) is 0.667. The average molecular weight is 395 g/mol. The highest BCUT2D eigenvalue weighted by Crippen LogP contribution is 2.43. The molecular weight excluding hydrogens is 362 g/mol. The third-order valence-electron chi connectivity index (χ3n) is 5.49. The molecule has 3 rings (SSSR count). The summed E-state index contributed by atoms with van der Waals surface area (Å²) >= 11 is 0. The van der Waals surface area contributed by atoms with Gasteiger partial charge in [0.1, 0.15) is 11.6 Å². The van der Waals surface area contributed by atoms with Crippen molar-refractivity contribution in [2.45, 2.75) is 57.2 Å². The molecular formula is C21H32F2N4O. The maximum atomic E-state index is 13.9. The number of ether oxygens (including phenoxy) is 1. The van der Waals surface area contributed by atoms with Gasteiger partial charge in [0.25, 0.3) is 0 Å². The molecule has 1 aromatic rings. The monoisotopic (exact) mass is 394 g/mol. The second-order valence-electron chi connectivity index (χ2n) is 7.98. The maximum Gasteiger partial charge on any atom is 0.191 e. The van der Waals surface area contributed by atoms with Gasteiger partial charge in [0.05, 0.1) is 12.7 Å². The number of likely N-dealkylation sites (tertiary alicyclic amines) is 1. The summed E-state index contributed by atoms with van der Waals surface area (Å²) in [7, 11) is 1.73. The molecule has 0 bridgehead atoms. The molecule has 1 aliphatic heterocycles. The first-order valence-electron chi connectivity index (χ1n) is 10.3. The van der Waals surface area contributed by atoms with Gasteiger partial charge in [0.2, 0.25) is 0 Å². The molecule has 1 heterocycles. The van der Waals surface area contributed by atoms with Gasteiger partial charge in [-0.1, -0.05) is 6.07 Å². The van der Waals surface area contributed by atoms with Crippen molar-refractivity contribution >= 4 is 5.96 Å². The van der Waals surface area contributed by atoms with Crippen molar-refractivity contribution in [3.05, 3.63) is 35.4 Å². The molecule has 5 nitrogen and oxygen atoms in total. The first kappa shape index (κ1) is 21.0. The molecule has 2 N–H and O–H groups in total. The number of benzene rings is 1. The van der Waals surface area contributed by atoms with Crippen LogP contribution in [-0.2, 0) is 4.74 Å². The van der Waals surface area contributed by atoms with Crippen LogP contribution in [0.4, 0.5) is 8.78 Å². The van der Waals surface area contributed by atoms with Crippen LogP contribution in [0.1, 0.15) is 44.6 Å². The van der Waals surface area contributed by atoms with Crippen molar-refractivity contribution in [1.29, 1.82) is 0 Å². The molecule has 2 unspecified atom stereocenters. The van der Waals surface area contributed by atoms with E-state index in [1.807, 2.05) is 0 Å². The Labute approximate surface area is 166 Å². The number of piperidine rings is 1. The second kappa shape index (κ2) is 9.65. The number of hydrogen-bond donors (Lipinski definition) is 2. The normalized spacial score (nSPS) is 23.9. The quantitative estimate of drug-likeness (QED) is 0.552. The summed E-state index contributed by atoms with van der Waals surface area (Å²) in [5, 5.41) is 6.79. The van der Waals surface area contributed by atoms with Crippen molar-refractivity contribution in [3.63, 3.8) is 0 Å². The summed E-state index contributed by atoms with van der Waals surface area (Å²) in [6, 6.07) is 4.42. The van der Waals surface area contributed by atoms with Gasteiger partial charge in [0.15, 0.2) is 5.96 Å². The SMILES string of the molecule is CN=C(NC1CCN(CCOC(C)C)CC1)NC1CC1c1c(F)cccc1F. The third kappa shape index (κ3) is 5.64. The molecule has 28 heavy (non-hydrogen) atoms. The Kier molecular flexibility index (Phi) is 7.24. The molecule has 2 atom stereocenters. The zero-order chi connectivity index (χ0) is 20.1. The minimum Gasteiger partial charge on any atom is -0.377 e. The fourth-order valence-electron chi connectivity index (χ4n) is 3.80. The highest BCUT2D eigenvalue weighted by molar-refractivity contribution is 5.80. The Balaban J connectivity index is 1.42. The third-order valence-corrected chi connectivity index (χ3v) is 5.49. The van der Waals surface area contributed by atoms with Gasteiger partial charge in [-0.3, -0.25) is 4.99 Å². The minimum absolute atomic E-state index is 0.0193. The van der Waals surface area contributed by atoms with E-state index in [0.717, 1.165) is 39.1 Å². The Hall–Kier alpha value is -1.73. The Morgan fingerprint density at radius 1 is 1.21 bits per heavy atom. The van der Waals surface area contributed by atoms with Gasteiger partial charge in [-0.2, -0.15) is 0 Å². The number of aliphatic imine (C=N–C) groups is 1. The molecule has 2 fully saturated rings. The topological polar surface area (TPSA) is 48.9 Å². The first-order chi connectivity index (χ1) is 13.5. The number of hydrogen-bond acceptors (Lipinski definition) is 3. The summed E-state index contributed by atoms with van der Waals surface area (Å²) in [5.41, 5.74) is 0.187. The van der Waals surface area contributed by atoms with Crippen LogP contribution in [0.3, 0.4) is 0 Å². The molecule has 1 saturated heterocycles. The second-order valence-corrected chi connectivity index (χ2v) is 7.98. The summed E-state index contributed by atoms with van der Waals surface area (Å²) in [4.78, 5) is 6.72. The van der Waals surface area contributed by atoms with Crippen molar-refractivity contribution in [2.75, 3.05) is 33.3 Å². The van der Waals surface area contributed by atoms with Crippen LogP contribution >= 0.6 is 0 Å². The number of guanidine groups is 1. The smallest absolute Gasteiger partial charge is 0.191 e. The molecule has 0 amide bonds. The molecule has 2 aliphatic rings. The van der Waals surface area contributed by atoms with Crippen LogP contribution in [-0.4, -0.2) is 62.3 Å². The highest BCUT2D eigenvalue weighted by Gasteiger charge is 2.42.